The molecule has 1 aliphatic rings. The van der Waals surface area contributed by atoms with Gasteiger partial charge in [0.2, 0.25) is 0 Å². The van der Waals surface area contributed by atoms with Crippen molar-refractivity contribution in [3.63, 3.8) is 0 Å². The van der Waals surface area contributed by atoms with Crippen molar-refractivity contribution in [2.75, 3.05) is 13.1 Å². The van der Waals surface area contributed by atoms with Crippen molar-refractivity contribution in [1.82, 2.24) is 10.6 Å². The molecule has 0 atom stereocenters. The number of aryl methyl sites for hydroxylation is 1. The Hall–Kier alpha value is -1.56. The van der Waals surface area contributed by atoms with Gasteiger partial charge in [0.05, 0.1) is 0 Å². The smallest absolute Gasteiger partial charge is 0.191 e. The van der Waals surface area contributed by atoms with Crippen LogP contribution in [0.1, 0.15) is 17.5 Å². The predicted octanol–water partition coefficient (Wildman–Crippen LogP) is 3.72. The zero-order chi connectivity index (χ0) is 14.5. The number of nitrogens with zero attached hydrogens (tertiary/aromatic N) is 1. The molecule has 0 aliphatic carbocycles. The van der Waals surface area contributed by atoms with Crippen LogP contribution in [-0.2, 0) is 6.54 Å². The Morgan fingerprint density at radius 3 is 2.59 bits per heavy atom. The zero-order valence-electron chi connectivity index (χ0n) is 12.8. The van der Waals surface area contributed by atoms with Crippen molar-refractivity contribution in [3.8, 4) is 11.1 Å². The average Bonchev–Trinajstić information content (AvgIpc) is 2.54. The summed E-state index contributed by atoms with van der Waals surface area (Å²) in [6.07, 6.45) is 1.12. The molecule has 0 saturated carbocycles. The molecule has 4 heteroatoms. The standard InChI is InChI=1S/C18H21N3.HI/c1-14-5-2-7-16(11-14)17-8-3-6-15(12-17)13-21-18-19-9-4-10-20-18;/h2-3,5-8,11-12H,4,9-10,13H2,1H3,(H2,19,20,21);1H. The summed E-state index contributed by atoms with van der Waals surface area (Å²) in [6.45, 7) is 4.85. The van der Waals surface area contributed by atoms with Crippen LogP contribution < -0.4 is 10.6 Å². The van der Waals surface area contributed by atoms with Crippen LogP contribution in [0.2, 0.25) is 0 Å². The van der Waals surface area contributed by atoms with Gasteiger partial charge in [0.15, 0.2) is 5.96 Å². The molecule has 2 N–H and O–H groups in total. The summed E-state index contributed by atoms with van der Waals surface area (Å²) < 4.78 is 0. The van der Waals surface area contributed by atoms with E-state index in [0.717, 1.165) is 32.0 Å². The van der Waals surface area contributed by atoms with E-state index in [9.17, 15) is 0 Å². The SMILES string of the molecule is Cc1cccc(-c2cccc(CNC3=NCCCN3)c2)c1.I. The Morgan fingerprint density at radius 2 is 1.86 bits per heavy atom. The topological polar surface area (TPSA) is 36.4 Å². The highest BCUT2D eigenvalue weighted by Gasteiger charge is 2.04. The minimum absolute atomic E-state index is 0. The van der Waals surface area contributed by atoms with Crippen molar-refractivity contribution in [1.29, 1.82) is 0 Å². The number of hydrogen-bond donors (Lipinski definition) is 2. The molecule has 0 amide bonds. The van der Waals surface area contributed by atoms with Gasteiger partial charge in [-0.2, -0.15) is 0 Å². The molecule has 0 spiro atoms. The normalized spacial score (nSPS) is 13.6. The van der Waals surface area contributed by atoms with Crippen molar-refractivity contribution in [2.24, 2.45) is 4.99 Å². The maximum atomic E-state index is 4.43. The van der Waals surface area contributed by atoms with Crippen LogP contribution in [0.5, 0.6) is 0 Å². The van der Waals surface area contributed by atoms with Crippen LogP contribution in [0.25, 0.3) is 11.1 Å². The molecule has 0 bridgehead atoms. The molecule has 116 valence electrons. The summed E-state index contributed by atoms with van der Waals surface area (Å²) in [5, 5.41) is 6.65. The number of halogens is 1. The molecule has 0 fully saturated rings. The average molecular weight is 407 g/mol. The third-order valence-corrected chi connectivity index (χ3v) is 3.64. The molecule has 0 unspecified atom stereocenters. The Morgan fingerprint density at radius 1 is 1.09 bits per heavy atom. The third-order valence-electron chi connectivity index (χ3n) is 3.64. The van der Waals surface area contributed by atoms with Gasteiger partial charge in [0.25, 0.3) is 0 Å². The van der Waals surface area contributed by atoms with E-state index in [1.807, 2.05) is 0 Å². The van der Waals surface area contributed by atoms with Gasteiger partial charge in [-0.15, -0.1) is 24.0 Å². The highest BCUT2D eigenvalue weighted by atomic mass is 127. The molecule has 1 aliphatic heterocycles. The van der Waals surface area contributed by atoms with Gasteiger partial charge in [-0.1, -0.05) is 48.0 Å². The monoisotopic (exact) mass is 407 g/mol. The number of guanidine groups is 1. The lowest BCUT2D eigenvalue weighted by molar-refractivity contribution is 0.702. The quantitative estimate of drug-likeness (QED) is 0.762. The molecular weight excluding hydrogens is 385 g/mol. The second-order valence-electron chi connectivity index (χ2n) is 5.43. The third kappa shape index (κ3) is 4.47. The second-order valence-corrected chi connectivity index (χ2v) is 5.43. The fourth-order valence-corrected chi connectivity index (χ4v) is 2.52. The van der Waals surface area contributed by atoms with E-state index in [1.54, 1.807) is 0 Å². The molecule has 0 saturated heterocycles. The van der Waals surface area contributed by atoms with Gasteiger partial charge in [-0.25, -0.2) is 0 Å². The maximum absolute atomic E-state index is 4.43. The summed E-state index contributed by atoms with van der Waals surface area (Å²) in [6, 6.07) is 17.3. The summed E-state index contributed by atoms with van der Waals surface area (Å²) in [7, 11) is 0. The minimum atomic E-state index is 0. The van der Waals surface area contributed by atoms with Crippen molar-refractivity contribution >= 4 is 29.9 Å². The van der Waals surface area contributed by atoms with E-state index in [4.69, 9.17) is 0 Å². The summed E-state index contributed by atoms with van der Waals surface area (Å²) in [5.41, 5.74) is 5.09. The first kappa shape index (κ1) is 16.8. The lowest BCUT2D eigenvalue weighted by atomic mass is 10.0. The molecule has 0 radical (unpaired) electrons. The van der Waals surface area contributed by atoms with E-state index in [1.165, 1.54) is 22.3 Å². The van der Waals surface area contributed by atoms with Crippen LogP contribution in [0.3, 0.4) is 0 Å². The molecule has 0 aromatic heterocycles. The molecule has 22 heavy (non-hydrogen) atoms. The lowest BCUT2D eigenvalue weighted by Gasteiger charge is -2.16. The molecule has 3 nitrogen and oxygen atoms in total. The Bertz CT molecular complexity index is 652. The first-order valence-corrected chi connectivity index (χ1v) is 7.49. The first-order chi connectivity index (χ1) is 10.3. The van der Waals surface area contributed by atoms with E-state index in [-0.39, 0.29) is 24.0 Å². The number of nitrogens with one attached hydrogen (secondary N) is 2. The van der Waals surface area contributed by atoms with Crippen LogP contribution in [-0.4, -0.2) is 19.0 Å². The second kappa shape index (κ2) is 8.17. The number of benzene rings is 2. The van der Waals surface area contributed by atoms with Gasteiger partial charge in [0, 0.05) is 19.6 Å². The van der Waals surface area contributed by atoms with Crippen LogP contribution in [0, 0.1) is 6.92 Å². The Balaban J connectivity index is 0.00000176. The number of aliphatic imine (C=N–C) groups is 1. The fraction of sp³-hybridized carbons (Fsp3) is 0.278. The Labute approximate surface area is 149 Å². The maximum Gasteiger partial charge on any atom is 0.191 e. The summed E-state index contributed by atoms with van der Waals surface area (Å²) in [4.78, 5) is 4.43. The van der Waals surface area contributed by atoms with Crippen molar-refractivity contribution in [3.05, 3.63) is 59.7 Å². The molecule has 1 heterocycles. The fourth-order valence-electron chi connectivity index (χ4n) is 2.52. The highest BCUT2D eigenvalue weighted by Crippen LogP contribution is 2.21. The molecular formula is C18H22IN3. The molecule has 3 rings (SSSR count). The lowest BCUT2D eigenvalue weighted by Crippen LogP contribution is -2.40. The van der Waals surface area contributed by atoms with Gasteiger partial charge in [0.1, 0.15) is 0 Å². The summed E-state index contributed by atoms with van der Waals surface area (Å²) in [5.74, 6) is 0.919. The number of hydrogen-bond acceptors (Lipinski definition) is 3. The van der Waals surface area contributed by atoms with Crippen molar-refractivity contribution < 1.29 is 0 Å². The van der Waals surface area contributed by atoms with Crippen LogP contribution in [0.4, 0.5) is 0 Å². The minimum Gasteiger partial charge on any atom is -0.356 e. The van der Waals surface area contributed by atoms with Gasteiger partial charge in [-0.05, 0) is 36.1 Å². The number of rotatable bonds is 3. The van der Waals surface area contributed by atoms with E-state index < -0.39 is 0 Å². The van der Waals surface area contributed by atoms with Crippen LogP contribution in [0.15, 0.2) is 53.5 Å². The Kier molecular flexibility index (Phi) is 6.24. The van der Waals surface area contributed by atoms with Gasteiger partial charge < -0.3 is 10.6 Å². The first-order valence-electron chi connectivity index (χ1n) is 7.49. The van der Waals surface area contributed by atoms with Crippen molar-refractivity contribution in [2.45, 2.75) is 19.9 Å². The molecule has 2 aromatic rings. The largest absolute Gasteiger partial charge is 0.356 e. The predicted molar refractivity (Wildman–Crippen MR) is 104 cm³/mol. The van der Waals surface area contributed by atoms with Crippen LogP contribution >= 0.6 is 24.0 Å². The highest BCUT2D eigenvalue weighted by molar-refractivity contribution is 14.0. The van der Waals surface area contributed by atoms with E-state index in [0.29, 0.717) is 0 Å². The molecule has 2 aromatic carbocycles. The summed E-state index contributed by atoms with van der Waals surface area (Å²) >= 11 is 0. The van der Waals surface area contributed by atoms with E-state index >= 15 is 0 Å². The zero-order valence-corrected chi connectivity index (χ0v) is 15.1. The van der Waals surface area contributed by atoms with E-state index in [2.05, 4.69) is 71.1 Å². The van der Waals surface area contributed by atoms with Gasteiger partial charge in [-0.3, -0.25) is 4.99 Å². The van der Waals surface area contributed by atoms with Gasteiger partial charge >= 0.3 is 0 Å².